The highest BCUT2D eigenvalue weighted by molar-refractivity contribution is 6.05. The summed E-state index contributed by atoms with van der Waals surface area (Å²) in [6.45, 7) is 0.554. The Hall–Kier alpha value is -1.88. The average Bonchev–Trinajstić information content (AvgIpc) is 2.73. The summed E-state index contributed by atoms with van der Waals surface area (Å²) >= 11 is 0. The lowest BCUT2D eigenvalue weighted by molar-refractivity contribution is 0.0953. The van der Waals surface area contributed by atoms with E-state index in [9.17, 15) is 4.79 Å². The van der Waals surface area contributed by atoms with Crippen molar-refractivity contribution in [2.75, 3.05) is 13.2 Å². The van der Waals surface area contributed by atoms with Crippen molar-refractivity contribution >= 4 is 16.9 Å². The maximum absolute atomic E-state index is 11.8. The van der Waals surface area contributed by atoms with E-state index in [0.717, 1.165) is 5.39 Å². The van der Waals surface area contributed by atoms with Crippen LogP contribution in [-0.4, -0.2) is 34.1 Å². The van der Waals surface area contributed by atoms with Gasteiger partial charge in [-0.05, 0) is 18.6 Å². The molecule has 0 aliphatic rings. The van der Waals surface area contributed by atoms with E-state index in [1.807, 2.05) is 6.07 Å². The van der Waals surface area contributed by atoms with E-state index in [0.29, 0.717) is 24.2 Å². The van der Waals surface area contributed by atoms with Crippen LogP contribution in [0.5, 0.6) is 0 Å². The molecule has 0 aliphatic carbocycles. The van der Waals surface area contributed by atoms with Crippen LogP contribution in [0.2, 0.25) is 0 Å². The topological polar surface area (TPSA) is 78.0 Å². The van der Waals surface area contributed by atoms with Gasteiger partial charge in [-0.25, -0.2) is 4.98 Å². The third kappa shape index (κ3) is 2.04. The summed E-state index contributed by atoms with van der Waals surface area (Å²) in [7, 11) is 0. The number of nitrogens with zero attached hydrogens (tertiary/aromatic N) is 1. The van der Waals surface area contributed by atoms with Crippen LogP contribution in [0.25, 0.3) is 11.0 Å². The molecule has 2 aromatic heterocycles. The summed E-state index contributed by atoms with van der Waals surface area (Å²) < 4.78 is 0. The smallest absolute Gasteiger partial charge is 0.253 e. The fraction of sp³-hybridized carbons (Fsp3) is 0.273. The van der Waals surface area contributed by atoms with E-state index in [1.54, 1.807) is 18.5 Å². The van der Waals surface area contributed by atoms with Gasteiger partial charge < -0.3 is 15.4 Å². The van der Waals surface area contributed by atoms with Gasteiger partial charge in [0.25, 0.3) is 5.91 Å². The maximum atomic E-state index is 11.8. The average molecular weight is 219 g/mol. The minimum Gasteiger partial charge on any atom is -0.396 e. The summed E-state index contributed by atoms with van der Waals surface area (Å²) in [5, 5.41) is 12.2. The lowest BCUT2D eigenvalue weighted by Gasteiger charge is -2.02. The highest BCUT2D eigenvalue weighted by atomic mass is 16.3. The van der Waals surface area contributed by atoms with E-state index >= 15 is 0 Å². The molecule has 0 spiro atoms. The van der Waals surface area contributed by atoms with Gasteiger partial charge in [0, 0.05) is 30.9 Å². The van der Waals surface area contributed by atoms with Crippen LogP contribution < -0.4 is 5.32 Å². The van der Waals surface area contributed by atoms with Crippen molar-refractivity contribution in [1.29, 1.82) is 0 Å². The Bertz CT molecular complexity index is 493. The Balaban J connectivity index is 2.17. The maximum Gasteiger partial charge on any atom is 0.253 e. The molecule has 0 saturated carbocycles. The predicted octanol–water partition coefficient (Wildman–Crippen LogP) is 0.675. The van der Waals surface area contributed by atoms with Crippen LogP contribution in [0, 0.1) is 0 Å². The first-order chi connectivity index (χ1) is 7.83. The standard InChI is InChI=1S/C11H13N3O2/c15-6-2-5-13-11(16)9-7-14-10-8(9)3-1-4-12-10/h1,3-4,7,15H,2,5-6H2,(H,12,14)(H,13,16). The van der Waals surface area contributed by atoms with Gasteiger partial charge in [0.05, 0.1) is 5.56 Å². The second-order valence-corrected chi connectivity index (χ2v) is 3.43. The zero-order valence-electron chi connectivity index (χ0n) is 8.73. The Morgan fingerprint density at radius 2 is 2.44 bits per heavy atom. The van der Waals surface area contributed by atoms with Crippen molar-refractivity contribution in [3.05, 3.63) is 30.1 Å². The van der Waals surface area contributed by atoms with Crippen molar-refractivity contribution in [2.45, 2.75) is 6.42 Å². The molecular weight excluding hydrogens is 206 g/mol. The van der Waals surface area contributed by atoms with Crippen molar-refractivity contribution in [2.24, 2.45) is 0 Å². The van der Waals surface area contributed by atoms with Crippen molar-refractivity contribution < 1.29 is 9.90 Å². The summed E-state index contributed by atoms with van der Waals surface area (Å²) in [6, 6.07) is 3.64. The van der Waals surface area contributed by atoms with Gasteiger partial charge in [0.2, 0.25) is 0 Å². The number of nitrogens with one attached hydrogen (secondary N) is 2. The van der Waals surface area contributed by atoms with Gasteiger partial charge in [-0.1, -0.05) is 0 Å². The number of aromatic amines is 1. The predicted molar refractivity (Wildman–Crippen MR) is 60.1 cm³/mol. The van der Waals surface area contributed by atoms with Crippen LogP contribution in [0.4, 0.5) is 0 Å². The summed E-state index contributed by atoms with van der Waals surface area (Å²) in [5.41, 5.74) is 1.29. The second-order valence-electron chi connectivity index (χ2n) is 3.43. The number of carbonyl (C=O) groups excluding carboxylic acids is 1. The van der Waals surface area contributed by atoms with Gasteiger partial charge >= 0.3 is 0 Å². The number of fused-ring (bicyclic) bond motifs is 1. The first-order valence-corrected chi connectivity index (χ1v) is 5.14. The van der Waals surface area contributed by atoms with Crippen molar-refractivity contribution in [3.63, 3.8) is 0 Å². The van der Waals surface area contributed by atoms with Gasteiger partial charge in [0.15, 0.2) is 0 Å². The molecule has 3 N–H and O–H groups in total. The third-order valence-electron chi connectivity index (χ3n) is 2.32. The molecule has 0 fully saturated rings. The minimum absolute atomic E-state index is 0.0791. The Morgan fingerprint density at radius 1 is 1.56 bits per heavy atom. The van der Waals surface area contributed by atoms with Gasteiger partial charge in [-0.3, -0.25) is 4.79 Å². The normalized spacial score (nSPS) is 10.6. The zero-order valence-corrected chi connectivity index (χ0v) is 8.73. The molecule has 5 heteroatoms. The number of H-pyrrole nitrogens is 1. The second kappa shape index (κ2) is 4.76. The Labute approximate surface area is 92.5 Å². The molecule has 0 aromatic carbocycles. The lowest BCUT2D eigenvalue weighted by Crippen LogP contribution is -2.24. The van der Waals surface area contributed by atoms with Crippen molar-refractivity contribution in [3.8, 4) is 0 Å². The van der Waals surface area contributed by atoms with Crippen LogP contribution in [-0.2, 0) is 0 Å². The molecule has 0 radical (unpaired) electrons. The highest BCUT2D eigenvalue weighted by Crippen LogP contribution is 2.14. The monoisotopic (exact) mass is 219 g/mol. The molecule has 0 unspecified atom stereocenters. The molecule has 1 amide bonds. The zero-order chi connectivity index (χ0) is 11.4. The molecule has 0 aliphatic heterocycles. The molecular formula is C11H13N3O2. The van der Waals surface area contributed by atoms with Crippen LogP contribution >= 0.6 is 0 Å². The molecule has 16 heavy (non-hydrogen) atoms. The Kier molecular flexibility index (Phi) is 3.16. The Morgan fingerprint density at radius 3 is 3.25 bits per heavy atom. The number of aliphatic hydroxyl groups excluding tert-OH is 1. The molecule has 84 valence electrons. The number of rotatable bonds is 4. The number of aromatic nitrogens is 2. The van der Waals surface area contributed by atoms with Crippen LogP contribution in [0.15, 0.2) is 24.5 Å². The first-order valence-electron chi connectivity index (χ1n) is 5.14. The van der Waals surface area contributed by atoms with Crippen molar-refractivity contribution in [1.82, 2.24) is 15.3 Å². The number of amides is 1. The van der Waals surface area contributed by atoms with Gasteiger partial charge in [-0.2, -0.15) is 0 Å². The molecule has 2 rings (SSSR count). The molecule has 2 aromatic rings. The number of hydrogen-bond donors (Lipinski definition) is 3. The van der Waals surface area contributed by atoms with E-state index in [-0.39, 0.29) is 12.5 Å². The van der Waals surface area contributed by atoms with E-state index in [2.05, 4.69) is 15.3 Å². The number of pyridine rings is 1. The van der Waals surface area contributed by atoms with Crippen LogP contribution in [0.1, 0.15) is 16.8 Å². The highest BCUT2D eigenvalue weighted by Gasteiger charge is 2.11. The van der Waals surface area contributed by atoms with Gasteiger partial charge in [-0.15, -0.1) is 0 Å². The molecule has 0 saturated heterocycles. The van der Waals surface area contributed by atoms with E-state index in [4.69, 9.17) is 5.11 Å². The van der Waals surface area contributed by atoms with Crippen LogP contribution in [0.3, 0.4) is 0 Å². The first kappa shape index (κ1) is 10.6. The summed E-state index contributed by atoms with van der Waals surface area (Å²) in [6.07, 6.45) is 3.88. The third-order valence-corrected chi connectivity index (χ3v) is 2.32. The number of aliphatic hydroxyl groups is 1. The fourth-order valence-electron chi connectivity index (χ4n) is 1.52. The molecule has 5 nitrogen and oxygen atoms in total. The largest absolute Gasteiger partial charge is 0.396 e. The van der Waals surface area contributed by atoms with Gasteiger partial charge in [0.1, 0.15) is 5.65 Å². The number of hydrogen-bond acceptors (Lipinski definition) is 3. The quantitative estimate of drug-likeness (QED) is 0.661. The minimum atomic E-state index is -0.146. The fourth-order valence-corrected chi connectivity index (χ4v) is 1.52. The van der Waals surface area contributed by atoms with E-state index in [1.165, 1.54) is 0 Å². The number of carbonyl (C=O) groups is 1. The summed E-state index contributed by atoms with van der Waals surface area (Å²) in [5.74, 6) is -0.146. The molecule has 0 bridgehead atoms. The lowest BCUT2D eigenvalue weighted by atomic mass is 10.2. The SMILES string of the molecule is O=C(NCCCO)c1c[nH]c2ncccc12. The molecule has 2 heterocycles. The van der Waals surface area contributed by atoms with E-state index < -0.39 is 0 Å². The molecule has 0 atom stereocenters. The summed E-state index contributed by atoms with van der Waals surface area (Å²) in [4.78, 5) is 18.8.